The van der Waals surface area contributed by atoms with Crippen LogP contribution in [0.3, 0.4) is 0 Å². The molecule has 1 aliphatic rings. The second-order valence-corrected chi connectivity index (χ2v) is 9.19. The predicted octanol–water partition coefficient (Wildman–Crippen LogP) is 3.74. The minimum absolute atomic E-state index is 0.0834. The lowest BCUT2D eigenvalue weighted by Crippen LogP contribution is -2.40. The van der Waals surface area contributed by atoms with Gasteiger partial charge in [0.25, 0.3) is 11.5 Å². The van der Waals surface area contributed by atoms with Gasteiger partial charge in [-0.05, 0) is 49.4 Å². The van der Waals surface area contributed by atoms with Crippen molar-refractivity contribution < 1.29 is 4.79 Å². The van der Waals surface area contributed by atoms with Crippen molar-refractivity contribution in [3.05, 3.63) is 87.3 Å². The van der Waals surface area contributed by atoms with E-state index in [1.807, 2.05) is 49.4 Å². The largest absolute Gasteiger partial charge is 0.349 e. The number of carbonyl (C=O) groups excluding carboxylic acids is 1. The van der Waals surface area contributed by atoms with Gasteiger partial charge in [-0.1, -0.05) is 55.7 Å². The number of nitrogens with one attached hydrogen (secondary N) is 2. The van der Waals surface area contributed by atoms with E-state index in [-0.39, 0.29) is 28.6 Å². The Labute approximate surface area is 197 Å². The Hall–Kier alpha value is -3.74. The first-order valence-electron chi connectivity index (χ1n) is 12.0. The Bertz CT molecular complexity index is 1480. The third-order valence-corrected chi connectivity index (χ3v) is 6.71. The average Bonchev–Trinajstić information content (AvgIpc) is 2.85. The Kier molecular flexibility index (Phi) is 6.01. The van der Waals surface area contributed by atoms with Crippen molar-refractivity contribution in [3.63, 3.8) is 0 Å². The highest BCUT2D eigenvalue weighted by molar-refractivity contribution is 5.97. The topological polar surface area (TPSA) is 92.2 Å². The van der Waals surface area contributed by atoms with Crippen LogP contribution in [0.15, 0.2) is 59.5 Å². The van der Waals surface area contributed by atoms with Crippen molar-refractivity contribution in [2.45, 2.75) is 58.0 Å². The van der Waals surface area contributed by atoms with E-state index in [9.17, 15) is 9.59 Å². The maximum atomic E-state index is 13.5. The molecule has 0 aliphatic heterocycles. The van der Waals surface area contributed by atoms with Gasteiger partial charge in [-0.3, -0.25) is 19.4 Å². The van der Waals surface area contributed by atoms with Gasteiger partial charge in [0, 0.05) is 18.8 Å². The zero-order valence-electron chi connectivity index (χ0n) is 19.4. The van der Waals surface area contributed by atoms with Crippen molar-refractivity contribution in [2.75, 3.05) is 0 Å². The maximum absolute atomic E-state index is 13.5. The van der Waals surface area contributed by atoms with Crippen LogP contribution in [0.4, 0.5) is 0 Å². The highest BCUT2D eigenvalue weighted by atomic mass is 16.2. The van der Waals surface area contributed by atoms with Gasteiger partial charge >= 0.3 is 0 Å². The van der Waals surface area contributed by atoms with Gasteiger partial charge in [-0.15, -0.1) is 0 Å². The van der Waals surface area contributed by atoms with E-state index in [1.165, 1.54) is 10.8 Å². The summed E-state index contributed by atoms with van der Waals surface area (Å²) >= 11 is 0. The maximum Gasteiger partial charge on any atom is 0.267 e. The van der Waals surface area contributed by atoms with Crippen molar-refractivity contribution >= 4 is 22.6 Å². The van der Waals surface area contributed by atoms with Gasteiger partial charge in [-0.25, -0.2) is 4.98 Å². The Morgan fingerprint density at radius 2 is 1.88 bits per heavy atom. The second-order valence-electron chi connectivity index (χ2n) is 9.19. The van der Waals surface area contributed by atoms with Crippen molar-refractivity contribution in [2.24, 2.45) is 0 Å². The van der Waals surface area contributed by atoms with Crippen LogP contribution in [-0.4, -0.2) is 25.9 Å². The van der Waals surface area contributed by atoms with E-state index in [0.717, 1.165) is 36.8 Å². The van der Waals surface area contributed by atoms with Gasteiger partial charge in [0.05, 0.1) is 10.9 Å². The van der Waals surface area contributed by atoms with Crippen LogP contribution in [0.5, 0.6) is 0 Å². The summed E-state index contributed by atoms with van der Waals surface area (Å²) in [7, 11) is 0. The molecule has 3 aromatic heterocycles. The molecule has 1 saturated carbocycles. The fourth-order valence-corrected chi connectivity index (χ4v) is 4.83. The van der Waals surface area contributed by atoms with E-state index < -0.39 is 0 Å². The van der Waals surface area contributed by atoms with Crippen LogP contribution in [0.2, 0.25) is 0 Å². The first-order valence-corrected chi connectivity index (χ1v) is 12.0. The third kappa shape index (κ3) is 4.25. The summed E-state index contributed by atoms with van der Waals surface area (Å²) in [5.41, 5.74) is 3.09. The van der Waals surface area contributed by atoms with Crippen molar-refractivity contribution in [1.29, 1.82) is 5.41 Å². The van der Waals surface area contributed by atoms with E-state index in [0.29, 0.717) is 29.6 Å². The molecule has 0 radical (unpaired) electrons. The van der Waals surface area contributed by atoms with E-state index in [1.54, 1.807) is 16.8 Å². The zero-order chi connectivity index (χ0) is 23.7. The highest BCUT2D eigenvalue weighted by Gasteiger charge is 2.21. The third-order valence-electron chi connectivity index (χ3n) is 6.71. The number of benzene rings is 1. The molecule has 2 N–H and O–H groups in total. The standard InChI is InChI=1S/C27H29N5O2/c1-18-12-13-23-30-25-22(27(34)32(23)17-18)16-21(26(33)29-20-10-6-3-7-11-20)24(28)31(25)15-14-19-8-4-2-5-9-19/h2,4-5,8-9,12-13,16-17,20,28H,3,6-7,10-11,14-15H2,1H3,(H,29,33). The molecular weight excluding hydrogens is 426 g/mol. The molecule has 4 aromatic rings. The highest BCUT2D eigenvalue weighted by Crippen LogP contribution is 2.18. The molecular formula is C27H29N5O2. The molecule has 1 fully saturated rings. The molecule has 34 heavy (non-hydrogen) atoms. The minimum Gasteiger partial charge on any atom is -0.349 e. The summed E-state index contributed by atoms with van der Waals surface area (Å²) in [4.78, 5) is 31.5. The Balaban J connectivity index is 1.65. The van der Waals surface area contributed by atoms with Crippen LogP contribution >= 0.6 is 0 Å². The monoisotopic (exact) mass is 455 g/mol. The molecule has 1 aliphatic carbocycles. The number of rotatable bonds is 5. The van der Waals surface area contributed by atoms with Crippen LogP contribution < -0.4 is 16.4 Å². The number of pyridine rings is 2. The summed E-state index contributed by atoms with van der Waals surface area (Å²) in [6, 6.07) is 15.4. The fourth-order valence-electron chi connectivity index (χ4n) is 4.83. The van der Waals surface area contributed by atoms with Gasteiger partial charge in [0.1, 0.15) is 16.8 Å². The molecule has 0 atom stereocenters. The molecule has 5 rings (SSSR count). The number of nitrogens with zero attached hydrogens (tertiary/aromatic N) is 3. The van der Waals surface area contributed by atoms with Gasteiger partial charge in [-0.2, -0.15) is 0 Å². The van der Waals surface area contributed by atoms with Crippen LogP contribution in [0.25, 0.3) is 16.7 Å². The number of aromatic nitrogens is 3. The van der Waals surface area contributed by atoms with Crippen LogP contribution in [-0.2, 0) is 13.0 Å². The average molecular weight is 456 g/mol. The summed E-state index contributed by atoms with van der Waals surface area (Å²) < 4.78 is 3.23. The smallest absolute Gasteiger partial charge is 0.267 e. The lowest BCUT2D eigenvalue weighted by atomic mass is 9.95. The van der Waals surface area contributed by atoms with Gasteiger partial charge in [0.15, 0.2) is 0 Å². The zero-order valence-corrected chi connectivity index (χ0v) is 19.4. The molecule has 1 amide bonds. The van der Waals surface area contributed by atoms with Crippen LogP contribution in [0, 0.1) is 12.3 Å². The number of aryl methyl sites for hydroxylation is 3. The summed E-state index contributed by atoms with van der Waals surface area (Å²) in [5, 5.41) is 12.4. The molecule has 7 heteroatoms. The molecule has 0 bridgehead atoms. The van der Waals surface area contributed by atoms with E-state index in [4.69, 9.17) is 10.4 Å². The molecule has 0 unspecified atom stereocenters. The van der Waals surface area contributed by atoms with E-state index in [2.05, 4.69) is 5.32 Å². The molecule has 0 spiro atoms. The fraction of sp³-hybridized carbons (Fsp3) is 0.333. The summed E-state index contributed by atoms with van der Waals surface area (Å²) in [5.74, 6) is -0.291. The number of hydrogen-bond donors (Lipinski definition) is 2. The lowest BCUT2D eigenvalue weighted by Gasteiger charge is -2.23. The number of carbonyl (C=O) groups is 1. The molecule has 3 heterocycles. The van der Waals surface area contributed by atoms with Crippen LogP contribution in [0.1, 0.15) is 53.6 Å². The summed E-state index contributed by atoms with van der Waals surface area (Å²) in [6.07, 6.45) is 7.72. The molecule has 174 valence electrons. The minimum atomic E-state index is -0.291. The quantitative estimate of drug-likeness (QED) is 0.449. The predicted molar refractivity (Wildman–Crippen MR) is 132 cm³/mol. The number of amides is 1. The number of hydrogen-bond acceptors (Lipinski definition) is 4. The van der Waals surface area contributed by atoms with Crippen molar-refractivity contribution in [1.82, 2.24) is 19.3 Å². The number of fused-ring (bicyclic) bond motifs is 2. The molecule has 0 saturated heterocycles. The normalized spacial score (nSPS) is 14.5. The van der Waals surface area contributed by atoms with Gasteiger partial charge in [0.2, 0.25) is 0 Å². The summed E-state index contributed by atoms with van der Waals surface area (Å²) in [6.45, 7) is 2.37. The van der Waals surface area contributed by atoms with E-state index >= 15 is 0 Å². The first-order chi connectivity index (χ1) is 16.5. The second kappa shape index (κ2) is 9.25. The van der Waals surface area contributed by atoms with Gasteiger partial charge < -0.3 is 9.88 Å². The molecule has 7 nitrogen and oxygen atoms in total. The molecule has 1 aromatic carbocycles. The first kappa shape index (κ1) is 22.1. The lowest BCUT2D eigenvalue weighted by molar-refractivity contribution is 0.0925. The van der Waals surface area contributed by atoms with Crippen molar-refractivity contribution in [3.8, 4) is 0 Å². The Morgan fingerprint density at radius 3 is 2.65 bits per heavy atom. The SMILES string of the molecule is Cc1ccc2nc3c(cc(C(=O)NC4CCCCC4)c(=N)n3CCc3ccccc3)c(=O)n2c1. The Morgan fingerprint density at radius 1 is 1.12 bits per heavy atom.